The molecule has 1 aliphatic rings. The number of carbonyl (C=O) groups is 1. The minimum Gasteiger partial charge on any atom is -0.294 e. The van der Waals surface area contributed by atoms with E-state index < -0.39 is 0 Å². The second-order valence-corrected chi connectivity index (χ2v) is 5.39. The van der Waals surface area contributed by atoms with Crippen molar-refractivity contribution in [3.63, 3.8) is 0 Å². The first-order chi connectivity index (χ1) is 8.16. The fourth-order valence-electron chi connectivity index (χ4n) is 2.09. The summed E-state index contributed by atoms with van der Waals surface area (Å²) in [6, 6.07) is 7.04. The maximum absolute atomic E-state index is 12.0. The Balaban J connectivity index is 1.94. The normalized spacial score (nSPS) is 18.2. The van der Waals surface area contributed by atoms with Crippen LogP contribution in [-0.4, -0.2) is 29.1 Å². The van der Waals surface area contributed by atoms with Gasteiger partial charge in [-0.3, -0.25) is 9.69 Å². The van der Waals surface area contributed by atoms with Gasteiger partial charge in [0, 0.05) is 17.0 Å². The van der Waals surface area contributed by atoms with E-state index in [1.165, 1.54) is 12.8 Å². The summed E-state index contributed by atoms with van der Waals surface area (Å²) in [6.07, 6.45) is 2.89. The summed E-state index contributed by atoms with van der Waals surface area (Å²) in [5.74, 6) is 0.133. The Bertz CT molecular complexity index is 387. The average molecular weight is 270 g/mol. The molecule has 1 unspecified atom stereocenters. The van der Waals surface area contributed by atoms with Crippen molar-refractivity contribution < 1.29 is 4.79 Å². The first-order valence-electron chi connectivity index (χ1n) is 5.88. The summed E-state index contributed by atoms with van der Waals surface area (Å²) in [5.41, 5.74) is 0.715. The highest BCUT2D eigenvalue weighted by Crippen LogP contribution is 2.19. The zero-order chi connectivity index (χ0) is 12.3. The van der Waals surface area contributed by atoms with Crippen molar-refractivity contribution in [2.45, 2.75) is 24.6 Å². The maximum atomic E-state index is 12.0. The molecule has 1 aliphatic heterocycles. The van der Waals surface area contributed by atoms with Crippen LogP contribution in [0.25, 0.3) is 0 Å². The molecule has 0 amide bonds. The van der Waals surface area contributed by atoms with Gasteiger partial charge in [-0.25, -0.2) is 0 Å². The van der Waals surface area contributed by atoms with Gasteiger partial charge < -0.3 is 0 Å². The predicted octanol–water partition coefficient (Wildman–Crippen LogP) is 3.26. The molecule has 0 aliphatic carbocycles. The largest absolute Gasteiger partial charge is 0.294 e. The van der Waals surface area contributed by atoms with Crippen molar-refractivity contribution in [1.82, 2.24) is 4.90 Å². The van der Waals surface area contributed by atoms with E-state index in [4.69, 9.17) is 11.6 Å². The second kappa shape index (κ2) is 5.89. The Hall–Kier alpha value is -0.510. The number of nitrogens with zero attached hydrogens (tertiary/aromatic N) is 1. The molecule has 2 nitrogen and oxygen atoms in total. The monoisotopic (exact) mass is 269 g/mol. The lowest BCUT2D eigenvalue weighted by Crippen LogP contribution is -2.30. The zero-order valence-electron chi connectivity index (χ0n) is 9.60. The van der Waals surface area contributed by atoms with Gasteiger partial charge in [-0.2, -0.15) is 12.6 Å². The molecule has 0 aromatic heterocycles. The minimum absolute atomic E-state index is 0.0423. The molecule has 1 aromatic carbocycles. The molecule has 0 spiro atoms. The van der Waals surface area contributed by atoms with E-state index in [-0.39, 0.29) is 11.2 Å². The standard InChI is InChI=1S/C13H16ClNOS/c14-11-5-3-10(4-6-11)12(16)9-13(17)15-7-1-2-8-15/h3-6,13,17H,1-2,7-9H2. The molecule has 92 valence electrons. The smallest absolute Gasteiger partial charge is 0.165 e. The fourth-order valence-corrected chi connectivity index (χ4v) is 2.61. The van der Waals surface area contributed by atoms with Crippen molar-refractivity contribution in [3.05, 3.63) is 34.9 Å². The Kier molecular flexibility index (Phi) is 4.48. The summed E-state index contributed by atoms with van der Waals surface area (Å²) < 4.78 is 0. The van der Waals surface area contributed by atoms with Crippen molar-refractivity contribution in [3.8, 4) is 0 Å². The molecule has 1 atom stereocenters. The number of rotatable bonds is 4. The van der Waals surface area contributed by atoms with Gasteiger partial charge >= 0.3 is 0 Å². The van der Waals surface area contributed by atoms with E-state index in [0.29, 0.717) is 17.0 Å². The van der Waals surface area contributed by atoms with Gasteiger partial charge in [-0.1, -0.05) is 11.6 Å². The lowest BCUT2D eigenvalue weighted by molar-refractivity contribution is 0.0962. The molecular weight excluding hydrogens is 254 g/mol. The molecule has 0 saturated carbocycles. The van der Waals surface area contributed by atoms with Gasteiger partial charge in [-0.15, -0.1) is 0 Å². The topological polar surface area (TPSA) is 20.3 Å². The summed E-state index contributed by atoms with van der Waals surface area (Å²) in [6.45, 7) is 2.12. The lowest BCUT2D eigenvalue weighted by atomic mass is 10.1. The molecule has 0 N–H and O–H groups in total. The molecule has 0 radical (unpaired) electrons. The molecule has 4 heteroatoms. The van der Waals surface area contributed by atoms with Crippen LogP contribution in [0, 0.1) is 0 Å². The summed E-state index contributed by atoms with van der Waals surface area (Å²) in [7, 11) is 0. The molecule has 1 aromatic rings. The molecule has 0 bridgehead atoms. The number of halogens is 1. The van der Waals surface area contributed by atoms with E-state index in [9.17, 15) is 4.79 Å². The van der Waals surface area contributed by atoms with E-state index in [0.717, 1.165) is 13.1 Å². The molecule has 1 saturated heterocycles. The minimum atomic E-state index is 0.0423. The van der Waals surface area contributed by atoms with E-state index in [1.807, 2.05) is 0 Å². The van der Waals surface area contributed by atoms with Crippen LogP contribution in [0.15, 0.2) is 24.3 Å². The quantitative estimate of drug-likeness (QED) is 0.669. The lowest BCUT2D eigenvalue weighted by Gasteiger charge is -2.21. The van der Waals surface area contributed by atoms with Crippen molar-refractivity contribution in [2.75, 3.05) is 13.1 Å². The third kappa shape index (κ3) is 3.47. The highest BCUT2D eigenvalue weighted by Gasteiger charge is 2.21. The van der Waals surface area contributed by atoms with Gasteiger partial charge in [0.25, 0.3) is 0 Å². The average Bonchev–Trinajstić information content (AvgIpc) is 2.83. The number of hydrogen-bond acceptors (Lipinski definition) is 3. The van der Waals surface area contributed by atoms with Crippen LogP contribution in [0.1, 0.15) is 29.6 Å². The third-order valence-corrected chi connectivity index (χ3v) is 3.86. The second-order valence-electron chi connectivity index (χ2n) is 4.36. The number of benzene rings is 1. The van der Waals surface area contributed by atoms with Gasteiger partial charge in [0.05, 0.1) is 5.37 Å². The maximum Gasteiger partial charge on any atom is 0.165 e. The van der Waals surface area contributed by atoms with Crippen LogP contribution in [0.2, 0.25) is 5.02 Å². The number of ketones is 1. The van der Waals surface area contributed by atoms with Crippen LogP contribution < -0.4 is 0 Å². The van der Waals surface area contributed by atoms with E-state index in [1.54, 1.807) is 24.3 Å². The van der Waals surface area contributed by atoms with Gasteiger partial charge in [0.15, 0.2) is 5.78 Å². The van der Waals surface area contributed by atoms with Crippen LogP contribution in [0.3, 0.4) is 0 Å². The number of hydrogen-bond donors (Lipinski definition) is 1. The summed E-state index contributed by atoms with van der Waals surface area (Å²) >= 11 is 10.3. The van der Waals surface area contributed by atoms with Gasteiger partial charge in [-0.05, 0) is 50.2 Å². The van der Waals surface area contributed by atoms with Crippen LogP contribution in [0.5, 0.6) is 0 Å². The highest BCUT2D eigenvalue weighted by molar-refractivity contribution is 7.80. The van der Waals surface area contributed by atoms with Crippen molar-refractivity contribution in [2.24, 2.45) is 0 Å². The molecule has 1 heterocycles. The Labute approximate surface area is 112 Å². The van der Waals surface area contributed by atoms with Crippen molar-refractivity contribution >= 4 is 30.0 Å². The van der Waals surface area contributed by atoms with Crippen molar-refractivity contribution in [1.29, 1.82) is 0 Å². The van der Waals surface area contributed by atoms with E-state index >= 15 is 0 Å². The highest BCUT2D eigenvalue weighted by atomic mass is 35.5. The van der Waals surface area contributed by atoms with Crippen LogP contribution >= 0.6 is 24.2 Å². The Morgan fingerprint density at radius 1 is 1.29 bits per heavy atom. The fraction of sp³-hybridized carbons (Fsp3) is 0.462. The Morgan fingerprint density at radius 2 is 1.88 bits per heavy atom. The van der Waals surface area contributed by atoms with Gasteiger partial charge in [0.1, 0.15) is 0 Å². The predicted molar refractivity (Wildman–Crippen MR) is 74.0 cm³/mol. The number of Topliss-reactive ketones (excluding diaryl/α,β-unsaturated/α-hetero) is 1. The number of likely N-dealkylation sites (tertiary alicyclic amines) is 1. The summed E-state index contributed by atoms with van der Waals surface area (Å²) in [4.78, 5) is 14.3. The molecular formula is C13H16ClNOS. The first-order valence-corrected chi connectivity index (χ1v) is 6.77. The van der Waals surface area contributed by atoms with Gasteiger partial charge in [0.2, 0.25) is 0 Å². The first kappa shape index (κ1) is 12.9. The molecule has 17 heavy (non-hydrogen) atoms. The third-order valence-electron chi connectivity index (χ3n) is 3.10. The molecule has 2 rings (SSSR count). The molecule has 1 fully saturated rings. The SMILES string of the molecule is O=C(CC(S)N1CCCC1)c1ccc(Cl)cc1. The van der Waals surface area contributed by atoms with Crippen LogP contribution in [0.4, 0.5) is 0 Å². The van der Waals surface area contributed by atoms with E-state index in [2.05, 4.69) is 17.5 Å². The zero-order valence-corrected chi connectivity index (χ0v) is 11.3. The number of carbonyl (C=O) groups excluding carboxylic acids is 1. The Morgan fingerprint density at radius 3 is 2.47 bits per heavy atom. The number of thiol groups is 1. The van der Waals surface area contributed by atoms with Crippen LogP contribution in [-0.2, 0) is 0 Å². The summed E-state index contributed by atoms with van der Waals surface area (Å²) in [5, 5.41) is 0.698.